The smallest absolute Gasteiger partial charge is 0.221 e. The van der Waals surface area contributed by atoms with Crippen LogP contribution in [0.25, 0.3) is 0 Å². The molecular formula is C16H24FN3O. The number of hydrogen-bond donors (Lipinski definition) is 2. The molecule has 1 aromatic rings. The number of carbonyl (C=O) groups excluding carboxylic acids is 1. The van der Waals surface area contributed by atoms with Crippen LogP contribution in [-0.2, 0) is 4.79 Å². The van der Waals surface area contributed by atoms with Gasteiger partial charge in [0.15, 0.2) is 0 Å². The van der Waals surface area contributed by atoms with Crippen molar-refractivity contribution >= 4 is 17.3 Å². The van der Waals surface area contributed by atoms with E-state index in [1.54, 1.807) is 12.1 Å². The van der Waals surface area contributed by atoms with Gasteiger partial charge in [0.1, 0.15) is 5.82 Å². The van der Waals surface area contributed by atoms with Crippen molar-refractivity contribution in [3.05, 3.63) is 24.0 Å². The summed E-state index contributed by atoms with van der Waals surface area (Å²) in [5, 5.41) is 5.95. The highest BCUT2D eigenvalue weighted by molar-refractivity contribution is 5.89. The zero-order valence-electron chi connectivity index (χ0n) is 12.9. The van der Waals surface area contributed by atoms with Crippen LogP contribution in [-0.4, -0.2) is 36.0 Å². The van der Waals surface area contributed by atoms with Gasteiger partial charge in [-0.1, -0.05) is 0 Å². The minimum Gasteiger partial charge on any atom is -0.380 e. The minimum atomic E-state index is -0.282. The number of anilines is 2. The van der Waals surface area contributed by atoms with Gasteiger partial charge in [-0.3, -0.25) is 4.79 Å². The molecule has 1 saturated heterocycles. The number of piperidine rings is 1. The van der Waals surface area contributed by atoms with E-state index in [1.165, 1.54) is 13.0 Å². The van der Waals surface area contributed by atoms with Crippen LogP contribution in [0.4, 0.5) is 15.8 Å². The Morgan fingerprint density at radius 2 is 2.00 bits per heavy atom. The molecule has 21 heavy (non-hydrogen) atoms. The van der Waals surface area contributed by atoms with E-state index in [2.05, 4.69) is 29.4 Å². The highest BCUT2D eigenvalue weighted by Gasteiger charge is 2.21. The molecule has 1 aromatic carbocycles. The third-order valence-electron chi connectivity index (χ3n) is 3.91. The number of benzene rings is 1. The standard InChI is InChI=1S/C16H24FN3O/c1-11(2)20-8-6-13(7-9-20)19-16-10-14(18-12(3)21)4-5-15(16)17/h4-5,10-11,13,19H,6-9H2,1-3H3,(H,18,21). The van der Waals surface area contributed by atoms with Gasteiger partial charge in [-0.05, 0) is 44.9 Å². The number of carbonyl (C=O) groups is 1. The van der Waals surface area contributed by atoms with Crippen molar-refractivity contribution in [2.24, 2.45) is 0 Å². The van der Waals surface area contributed by atoms with Gasteiger partial charge >= 0.3 is 0 Å². The molecule has 0 spiro atoms. The first-order chi connectivity index (χ1) is 9.95. The SMILES string of the molecule is CC(=O)Nc1ccc(F)c(NC2CCN(C(C)C)CC2)c1. The lowest BCUT2D eigenvalue weighted by atomic mass is 10.0. The van der Waals surface area contributed by atoms with Crippen LogP contribution in [0, 0.1) is 5.82 Å². The third-order valence-corrected chi connectivity index (χ3v) is 3.91. The van der Waals surface area contributed by atoms with E-state index < -0.39 is 0 Å². The summed E-state index contributed by atoms with van der Waals surface area (Å²) in [6, 6.07) is 5.46. The monoisotopic (exact) mass is 293 g/mol. The first-order valence-electron chi connectivity index (χ1n) is 7.53. The van der Waals surface area contributed by atoms with E-state index >= 15 is 0 Å². The van der Waals surface area contributed by atoms with Gasteiger partial charge in [0.2, 0.25) is 5.91 Å². The van der Waals surface area contributed by atoms with Crippen LogP contribution >= 0.6 is 0 Å². The van der Waals surface area contributed by atoms with Crippen LogP contribution < -0.4 is 10.6 Å². The van der Waals surface area contributed by atoms with Gasteiger partial charge in [0.05, 0.1) is 5.69 Å². The lowest BCUT2D eigenvalue weighted by Crippen LogP contribution is -2.42. The summed E-state index contributed by atoms with van der Waals surface area (Å²) in [5.41, 5.74) is 1.08. The largest absolute Gasteiger partial charge is 0.380 e. The van der Waals surface area contributed by atoms with Crippen LogP contribution in [0.1, 0.15) is 33.6 Å². The number of amides is 1. The van der Waals surface area contributed by atoms with E-state index in [4.69, 9.17) is 0 Å². The number of likely N-dealkylation sites (tertiary alicyclic amines) is 1. The summed E-state index contributed by atoms with van der Waals surface area (Å²) in [5.74, 6) is -0.437. The summed E-state index contributed by atoms with van der Waals surface area (Å²) < 4.78 is 13.9. The molecular weight excluding hydrogens is 269 g/mol. The molecule has 1 aliphatic rings. The predicted octanol–water partition coefficient (Wildman–Crippen LogP) is 3.07. The number of rotatable bonds is 4. The number of hydrogen-bond acceptors (Lipinski definition) is 3. The molecule has 0 aliphatic carbocycles. The summed E-state index contributed by atoms with van der Waals surface area (Å²) in [6.45, 7) is 7.90. The maximum Gasteiger partial charge on any atom is 0.221 e. The average Bonchev–Trinajstić information content (AvgIpc) is 2.42. The Morgan fingerprint density at radius 3 is 2.57 bits per heavy atom. The molecule has 0 radical (unpaired) electrons. The summed E-state index contributed by atoms with van der Waals surface area (Å²) in [7, 11) is 0. The van der Waals surface area contributed by atoms with Crippen molar-refractivity contribution in [2.75, 3.05) is 23.7 Å². The van der Waals surface area contributed by atoms with Crippen LogP contribution in [0.15, 0.2) is 18.2 Å². The normalized spacial score (nSPS) is 17.0. The average molecular weight is 293 g/mol. The van der Waals surface area contributed by atoms with Crippen molar-refractivity contribution in [2.45, 2.75) is 45.7 Å². The highest BCUT2D eigenvalue weighted by Crippen LogP contribution is 2.23. The maximum atomic E-state index is 13.9. The number of halogens is 1. The van der Waals surface area contributed by atoms with Crippen molar-refractivity contribution < 1.29 is 9.18 Å². The zero-order valence-corrected chi connectivity index (χ0v) is 12.9. The quantitative estimate of drug-likeness (QED) is 0.896. The molecule has 116 valence electrons. The molecule has 1 aliphatic heterocycles. The van der Waals surface area contributed by atoms with Gasteiger partial charge in [-0.25, -0.2) is 4.39 Å². The van der Waals surface area contributed by atoms with Gasteiger partial charge in [0, 0.05) is 37.8 Å². The van der Waals surface area contributed by atoms with Crippen LogP contribution in [0.5, 0.6) is 0 Å². The third kappa shape index (κ3) is 4.43. The Kier molecular flexibility index (Phi) is 5.17. The molecule has 1 amide bonds. The van der Waals surface area contributed by atoms with E-state index in [1.807, 2.05) is 0 Å². The Bertz CT molecular complexity index is 496. The molecule has 2 N–H and O–H groups in total. The molecule has 0 bridgehead atoms. The van der Waals surface area contributed by atoms with E-state index in [0.29, 0.717) is 17.4 Å². The van der Waals surface area contributed by atoms with Gasteiger partial charge in [-0.15, -0.1) is 0 Å². The van der Waals surface area contributed by atoms with Crippen molar-refractivity contribution in [3.8, 4) is 0 Å². The molecule has 5 heteroatoms. The lowest BCUT2D eigenvalue weighted by Gasteiger charge is -2.35. The molecule has 0 unspecified atom stereocenters. The number of nitrogens with one attached hydrogen (secondary N) is 2. The molecule has 1 fully saturated rings. The fourth-order valence-electron chi connectivity index (χ4n) is 2.70. The Morgan fingerprint density at radius 1 is 1.33 bits per heavy atom. The van der Waals surface area contributed by atoms with E-state index in [0.717, 1.165) is 25.9 Å². The molecule has 0 saturated carbocycles. The second-order valence-corrected chi connectivity index (χ2v) is 5.92. The highest BCUT2D eigenvalue weighted by atomic mass is 19.1. The predicted molar refractivity (Wildman–Crippen MR) is 84.1 cm³/mol. The first kappa shape index (κ1) is 15.8. The van der Waals surface area contributed by atoms with Crippen molar-refractivity contribution in [1.82, 2.24) is 4.90 Å². The van der Waals surface area contributed by atoms with E-state index in [-0.39, 0.29) is 17.8 Å². The molecule has 4 nitrogen and oxygen atoms in total. The Labute approximate surface area is 125 Å². The Hall–Kier alpha value is -1.62. The summed E-state index contributed by atoms with van der Waals surface area (Å²) in [4.78, 5) is 13.5. The van der Waals surface area contributed by atoms with Gasteiger partial charge in [0.25, 0.3) is 0 Å². The van der Waals surface area contributed by atoms with Crippen molar-refractivity contribution in [1.29, 1.82) is 0 Å². The summed E-state index contributed by atoms with van der Waals surface area (Å²) >= 11 is 0. The molecule has 2 rings (SSSR count). The van der Waals surface area contributed by atoms with Crippen LogP contribution in [0.3, 0.4) is 0 Å². The topological polar surface area (TPSA) is 44.4 Å². The van der Waals surface area contributed by atoms with E-state index in [9.17, 15) is 9.18 Å². The molecule has 1 heterocycles. The Balaban J connectivity index is 1.98. The number of nitrogens with zero attached hydrogens (tertiary/aromatic N) is 1. The zero-order chi connectivity index (χ0) is 15.4. The fraction of sp³-hybridized carbons (Fsp3) is 0.562. The first-order valence-corrected chi connectivity index (χ1v) is 7.53. The molecule has 0 aromatic heterocycles. The second-order valence-electron chi connectivity index (χ2n) is 5.92. The minimum absolute atomic E-state index is 0.155. The maximum absolute atomic E-state index is 13.9. The van der Waals surface area contributed by atoms with Gasteiger partial charge < -0.3 is 15.5 Å². The van der Waals surface area contributed by atoms with Gasteiger partial charge in [-0.2, -0.15) is 0 Å². The van der Waals surface area contributed by atoms with Crippen LogP contribution in [0.2, 0.25) is 0 Å². The fourth-order valence-corrected chi connectivity index (χ4v) is 2.70. The molecule has 0 atom stereocenters. The summed E-state index contributed by atoms with van der Waals surface area (Å²) in [6.07, 6.45) is 2.00. The second kappa shape index (κ2) is 6.89. The lowest BCUT2D eigenvalue weighted by molar-refractivity contribution is -0.114. The van der Waals surface area contributed by atoms with Crippen molar-refractivity contribution in [3.63, 3.8) is 0 Å².